The molecule has 0 aliphatic heterocycles. The second-order valence-corrected chi connectivity index (χ2v) is 15.7. The van der Waals surface area contributed by atoms with Crippen LogP contribution in [0.4, 0.5) is 17.2 Å². The number of rotatable bonds is 4. The van der Waals surface area contributed by atoms with Crippen LogP contribution in [0, 0.1) is 0 Å². The van der Waals surface area contributed by atoms with E-state index in [1.54, 1.807) is 11.3 Å². The summed E-state index contributed by atoms with van der Waals surface area (Å²) in [6.07, 6.45) is 0. The minimum absolute atomic E-state index is 0.428. The van der Waals surface area contributed by atoms with Crippen LogP contribution < -0.4 is 4.90 Å². The van der Waals surface area contributed by atoms with Crippen molar-refractivity contribution in [2.24, 2.45) is 0 Å². The number of benzene rings is 8. The van der Waals surface area contributed by atoms with Crippen molar-refractivity contribution in [1.29, 1.82) is 0 Å². The zero-order chi connectivity index (χ0) is 36.1. The average molecular weight is 717 g/mol. The largest absolute Gasteiger partial charge is 0.294 e. The third-order valence-corrected chi connectivity index (χ3v) is 13.0. The highest BCUT2D eigenvalue weighted by Crippen LogP contribution is 2.64. The van der Waals surface area contributed by atoms with Crippen molar-refractivity contribution < 1.29 is 0 Å². The third-order valence-electron chi connectivity index (χ3n) is 11.9. The predicted octanol–water partition coefficient (Wildman–Crippen LogP) is 14.1. The van der Waals surface area contributed by atoms with Gasteiger partial charge in [0, 0.05) is 26.7 Å². The van der Waals surface area contributed by atoms with Crippen LogP contribution in [0.1, 0.15) is 22.3 Å². The van der Waals surface area contributed by atoms with Gasteiger partial charge in [0.15, 0.2) is 0 Å². The Kier molecular flexibility index (Phi) is 6.46. The first-order valence-electron chi connectivity index (χ1n) is 18.9. The number of thiophene rings is 1. The van der Waals surface area contributed by atoms with Gasteiger partial charge in [0.05, 0.1) is 11.1 Å². The fourth-order valence-corrected chi connectivity index (χ4v) is 10.7. The van der Waals surface area contributed by atoms with Gasteiger partial charge in [-0.25, -0.2) is 4.98 Å². The molecule has 55 heavy (non-hydrogen) atoms. The van der Waals surface area contributed by atoms with E-state index in [9.17, 15) is 0 Å². The fourth-order valence-electron chi connectivity index (χ4n) is 9.60. The number of hydrogen-bond acceptors (Lipinski definition) is 3. The Bertz CT molecular complexity index is 3110. The van der Waals surface area contributed by atoms with Crippen molar-refractivity contribution in [3.63, 3.8) is 0 Å². The summed E-state index contributed by atoms with van der Waals surface area (Å²) in [4.78, 5) is 8.95. The lowest BCUT2D eigenvalue weighted by atomic mass is 9.70. The number of aromatic nitrogens is 1. The van der Waals surface area contributed by atoms with Gasteiger partial charge in [-0.3, -0.25) is 4.90 Å². The Hall–Kier alpha value is -6.81. The highest BCUT2D eigenvalue weighted by molar-refractivity contribution is 7.25. The topological polar surface area (TPSA) is 16.1 Å². The molecule has 2 aliphatic carbocycles. The molecule has 2 nitrogen and oxygen atoms in total. The van der Waals surface area contributed by atoms with Crippen molar-refractivity contribution in [2.75, 3.05) is 4.90 Å². The molecule has 2 aliphatic rings. The molecule has 0 amide bonds. The van der Waals surface area contributed by atoms with Crippen LogP contribution in [-0.2, 0) is 5.41 Å². The molecule has 2 heterocycles. The van der Waals surface area contributed by atoms with E-state index in [0.717, 1.165) is 22.0 Å². The Morgan fingerprint density at radius 1 is 0.436 bits per heavy atom. The highest BCUT2D eigenvalue weighted by Gasteiger charge is 2.52. The van der Waals surface area contributed by atoms with E-state index in [2.05, 4.69) is 199 Å². The lowest BCUT2D eigenvalue weighted by molar-refractivity contribution is 0.793. The SMILES string of the molecule is c1ccc(-c2ccc(N(c3ccc4c(n3)sc3cc5ccccc5cc34)c3cccc4c3-c3ccccc3C43c4ccccc4-c4ccccc43)cc2)cc1. The number of anilines is 3. The summed E-state index contributed by atoms with van der Waals surface area (Å²) >= 11 is 1.77. The third kappa shape index (κ3) is 4.27. The Balaban J connectivity index is 1.12. The molecule has 12 rings (SSSR count). The van der Waals surface area contributed by atoms with Gasteiger partial charge in [0.2, 0.25) is 0 Å². The van der Waals surface area contributed by atoms with Crippen molar-refractivity contribution in [2.45, 2.75) is 5.41 Å². The minimum atomic E-state index is -0.428. The number of hydrogen-bond donors (Lipinski definition) is 0. The maximum atomic E-state index is 5.52. The van der Waals surface area contributed by atoms with Crippen LogP contribution >= 0.6 is 11.3 Å². The Morgan fingerprint density at radius 3 is 1.75 bits per heavy atom. The van der Waals surface area contributed by atoms with Crippen molar-refractivity contribution in [1.82, 2.24) is 4.98 Å². The molecule has 0 bridgehead atoms. The van der Waals surface area contributed by atoms with Crippen LogP contribution in [-0.4, -0.2) is 4.98 Å². The summed E-state index contributed by atoms with van der Waals surface area (Å²) in [6, 6.07) is 71.3. The quantitative estimate of drug-likeness (QED) is 0.180. The van der Waals surface area contributed by atoms with E-state index < -0.39 is 5.41 Å². The van der Waals surface area contributed by atoms with Gasteiger partial charge >= 0.3 is 0 Å². The summed E-state index contributed by atoms with van der Waals surface area (Å²) in [7, 11) is 0. The molecule has 0 fully saturated rings. The summed E-state index contributed by atoms with van der Waals surface area (Å²) in [6.45, 7) is 0. The average Bonchev–Trinajstić information content (AvgIpc) is 3.87. The molecule has 10 aromatic rings. The summed E-state index contributed by atoms with van der Waals surface area (Å²) in [5.41, 5.74) is 14.6. The van der Waals surface area contributed by atoms with Gasteiger partial charge in [-0.2, -0.15) is 0 Å². The van der Waals surface area contributed by atoms with Crippen LogP contribution in [0.5, 0.6) is 0 Å². The maximum Gasteiger partial charge on any atom is 0.139 e. The zero-order valence-corrected chi connectivity index (χ0v) is 30.6. The number of pyridine rings is 1. The molecule has 0 atom stereocenters. The molecule has 0 radical (unpaired) electrons. The molecule has 3 heteroatoms. The van der Waals surface area contributed by atoms with E-state index in [4.69, 9.17) is 4.98 Å². The van der Waals surface area contributed by atoms with Crippen LogP contribution in [0.2, 0.25) is 0 Å². The maximum absolute atomic E-state index is 5.52. The first-order valence-corrected chi connectivity index (χ1v) is 19.7. The molecular weight excluding hydrogens is 685 g/mol. The molecule has 1 spiro atoms. The minimum Gasteiger partial charge on any atom is -0.294 e. The standard InChI is InChI=1S/C52H32N2S/c1-2-13-33(14-3-1)34-25-27-37(28-26-34)54(49-30-29-40-42-31-35-15-4-5-16-36(35)32-48(42)55-51(40)53-49)47-24-12-23-46-50(47)41-19-8-11-22-45(41)52(46)43-20-9-6-17-38(43)39-18-7-10-21-44(39)52/h1-32H. The van der Waals surface area contributed by atoms with E-state index in [1.165, 1.54) is 81.9 Å². The smallest absolute Gasteiger partial charge is 0.139 e. The van der Waals surface area contributed by atoms with Gasteiger partial charge in [-0.05, 0) is 103 Å². The molecular formula is C52H32N2S. The number of fused-ring (bicyclic) bond motifs is 14. The molecule has 2 aromatic heterocycles. The van der Waals surface area contributed by atoms with E-state index in [-0.39, 0.29) is 0 Å². The van der Waals surface area contributed by atoms with Crippen LogP contribution in [0.3, 0.4) is 0 Å². The van der Waals surface area contributed by atoms with Gasteiger partial charge in [0.25, 0.3) is 0 Å². The molecule has 0 unspecified atom stereocenters. The van der Waals surface area contributed by atoms with Gasteiger partial charge in [0.1, 0.15) is 10.6 Å². The van der Waals surface area contributed by atoms with Crippen LogP contribution in [0.25, 0.3) is 64.5 Å². The summed E-state index contributed by atoms with van der Waals surface area (Å²) in [5, 5.41) is 4.95. The van der Waals surface area contributed by atoms with Gasteiger partial charge < -0.3 is 0 Å². The van der Waals surface area contributed by atoms with Crippen molar-refractivity contribution in [3.8, 4) is 33.4 Å². The van der Waals surface area contributed by atoms with Crippen molar-refractivity contribution in [3.05, 3.63) is 216 Å². The summed E-state index contributed by atoms with van der Waals surface area (Å²) < 4.78 is 1.26. The zero-order valence-electron chi connectivity index (χ0n) is 29.8. The van der Waals surface area contributed by atoms with E-state index >= 15 is 0 Å². The van der Waals surface area contributed by atoms with E-state index in [0.29, 0.717) is 0 Å². The predicted molar refractivity (Wildman–Crippen MR) is 231 cm³/mol. The monoisotopic (exact) mass is 716 g/mol. The first kappa shape index (κ1) is 30.6. The van der Waals surface area contributed by atoms with Crippen LogP contribution in [0.15, 0.2) is 194 Å². The molecule has 0 saturated carbocycles. The lowest BCUT2D eigenvalue weighted by Gasteiger charge is -2.31. The van der Waals surface area contributed by atoms with Gasteiger partial charge in [-0.1, -0.05) is 152 Å². The summed E-state index contributed by atoms with van der Waals surface area (Å²) in [5.74, 6) is 0.898. The number of nitrogens with zero attached hydrogens (tertiary/aromatic N) is 2. The molecule has 256 valence electrons. The molecule has 8 aromatic carbocycles. The fraction of sp³-hybridized carbons (Fsp3) is 0.0192. The van der Waals surface area contributed by atoms with Crippen molar-refractivity contribution >= 4 is 59.6 Å². The Labute approximate surface area is 323 Å². The second kappa shape index (κ2) is 11.6. The highest BCUT2D eigenvalue weighted by atomic mass is 32.1. The first-order chi connectivity index (χ1) is 27.3. The van der Waals surface area contributed by atoms with Gasteiger partial charge in [-0.15, -0.1) is 11.3 Å². The Morgan fingerprint density at radius 2 is 1.02 bits per heavy atom. The van der Waals surface area contributed by atoms with E-state index in [1.807, 2.05) is 0 Å². The molecule has 0 N–H and O–H groups in total. The second-order valence-electron chi connectivity index (χ2n) is 14.7. The normalized spacial score (nSPS) is 13.2. The molecule has 0 saturated heterocycles. The lowest BCUT2D eigenvalue weighted by Crippen LogP contribution is -2.26.